The Bertz CT molecular complexity index is 819. The highest BCUT2D eigenvalue weighted by atomic mass is 19.1. The molecule has 21 heavy (non-hydrogen) atoms. The van der Waals surface area contributed by atoms with Crippen molar-refractivity contribution in [1.82, 2.24) is 14.8 Å². The highest BCUT2D eigenvalue weighted by molar-refractivity contribution is 5.94. The van der Waals surface area contributed by atoms with Gasteiger partial charge in [-0.1, -0.05) is 0 Å². The molecule has 2 heterocycles. The molecule has 0 saturated carbocycles. The first-order valence-electron chi connectivity index (χ1n) is 6.81. The molecule has 3 rings (SSSR count). The Morgan fingerprint density at radius 3 is 2.48 bits per heavy atom. The third-order valence-corrected chi connectivity index (χ3v) is 3.88. The normalized spacial score (nSPS) is 11.3. The van der Waals surface area contributed by atoms with Gasteiger partial charge >= 0.3 is 0 Å². The van der Waals surface area contributed by atoms with Crippen LogP contribution >= 0.6 is 0 Å². The minimum Gasteiger partial charge on any atom is -0.326 e. The number of benzene rings is 1. The van der Waals surface area contributed by atoms with Crippen molar-refractivity contribution in [2.24, 2.45) is 12.8 Å². The number of hydrogen-bond acceptors (Lipinski definition) is 3. The van der Waals surface area contributed by atoms with Crippen LogP contribution in [0.1, 0.15) is 16.8 Å². The van der Waals surface area contributed by atoms with Crippen LogP contribution in [-0.2, 0) is 13.6 Å². The van der Waals surface area contributed by atoms with Gasteiger partial charge in [-0.05, 0) is 49.2 Å². The quantitative estimate of drug-likeness (QED) is 0.787. The Hall–Kier alpha value is -2.27. The molecule has 0 aliphatic heterocycles. The predicted octanol–water partition coefficient (Wildman–Crippen LogP) is 2.85. The van der Waals surface area contributed by atoms with Crippen molar-refractivity contribution in [3.63, 3.8) is 0 Å². The summed E-state index contributed by atoms with van der Waals surface area (Å²) in [6.07, 6.45) is 0. The largest absolute Gasteiger partial charge is 0.326 e. The Labute approximate surface area is 122 Å². The van der Waals surface area contributed by atoms with Gasteiger partial charge < -0.3 is 5.73 Å². The smallest absolute Gasteiger partial charge is 0.158 e. The SMILES string of the molecule is Cc1nc2c(c(-c3ccc(F)cc3)nn2C)c(C)c1CN. The van der Waals surface area contributed by atoms with Crippen molar-refractivity contribution in [3.8, 4) is 11.3 Å². The Balaban J connectivity index is 2.36. The van der Waals surface area contributed by atoms with Gasteiger partial charge in [-0.2, -0.15) is 5.10 Å². The molecular weight excluding hydrogens is 267 g/mol. The van der Waals surface area contributed by atoms with Gasteiger partial charge in [0.2, 0.25) is 0 Å². The van der Waals surface area contributed by atoms with Gasteiger partial charge in [0.05, 0.1) is 5.39 Å². The van der Waals surface area contributed by atoms with Crippen LogP contribution in [0, 0.1) is 19.7 Å². The van der Waals surface area contributed by atoms with Gasteiger partial charge in [-0.25, -0.2) is 14.1 Å². The van der Waals surface area contributed by atoms with Gasteiger partial charge in [-0.15, -0.1) is 0 Å². The molecule has 0 bridgehead atoms. The average molecular weight is 284 g/mol. The van der Waals surface area contributed by atoms with E-state index in [9.17, 15) is 4.39 Å². The lowest BCUT2D eigenvalue weighted by Gasteiger charge is -2.09. The fourth-order valence-corrected chi connectivity index (χ4v) is 2.75. The summed E-state index contributed by atoms with van der Waals surface area (Å²) in [7, 11) is 1.86. The Kier molecular flexibility index (Phi) is 3.22. The first kappa shape index (κ1) is 13.7. The van der Waals surface area contributed by atoms with Crippen molar-refractivity contribution in [2.45, 2.75) is 20.4 Å². The second kappa shape index (κ2) is 4.93. The number of fused-ring (bicyclic) bond motifs is 1. The van der Waals surface area contributed by atoms with Crippen LogP contribution in [0.2, 0.25) is 0 Å². The van der Waals surface area contributed by atoms with Crippen molar-refractivity contribution < 1.29 is 4.39 Å². The average Bonchev–Trinajstić information content (AvgIpc) is 2.78. The third kappa shape index (κ3) is 2.10. The molecular formula is C16H17FN4. The summed E-state index contributed by atoms with van der Waals surface area (Å²) in [5.41, 5.74) is 11.4. The van der Waals surface area contributed by atoms with E-state index in [0.29, 0.717) is 6.54 Å². The number of nitrogens with two attached hydrogens (primary N) is 1. The number of halogens is 1. The van der Waals surface area contributed by atoms with Crippen LogP contribution in [0.15, 0.2) is 24.3 Å². The number of pyridine rings is 1. The van der Waals surface area contributed by atoms with Crippen LogP contribution < -0.4 is 5.73 Å². The topological polar surface area (TPSA) is 56.7 Å². The molecule has 3 aromatic rings. The van der Waals surface area contributed by atoms with Crippen molar-refractivity contribution in [2.75, 3.05) is 0 Å². The van der Waals surface area contributed by atoms with E-state index in [1.807, 2.05) is 20.9 Å². The number of hydrogen-bond donors (Lipinski definition) is 1. The summed E-state index contributed by atoms with van der Waals surface area (Å²) in [6.45, 7) is 4.44. The zero-order valence-corrected chi connectivity index (χ0v) is 12.3. The minimum absolute atomic E-state index is 0.257. The fourth-order valence-electron chi connectivity index (χ4n) is 2.75. The lowest BCUT2D eigenvalue weighted by atomic mass is 10.0. The maximum absolute atomic E-state index is 13.1. The van der Waals surface area contributed by atoms with E-state index in [-0.39, 0.29) is 5.82 Å². The summed E-state index contributed by atoms with van der Waals surface area (Å²) >= 11 is 0. The second-order valence-electron chi connectivity index (χ2n) is 5.18. The van der Waals surface area contributed by atoms with E-state index in [1.165, 1.54) is 12.1 Å². The predicted molar refractivity (Wildman–Crippen MR) is 81.3 cm³/mol. The molecule has 0 aliphatic carbocycles. The van der Waals surface area contributed by atoms with Crippen molar-refractivity contribution in [3.05, 3.63) is 46.9 Å². The minimum atomic E-state index is -0.257. The van der Waals surface area contributed by atoms with Gasteiger partial charge in [0.1, 0.15) is 11.5 Å². The van der Waals surface area contributed by atoms with Crippen LogP contribution in [0.5, 0.6) is 0 Å². The summed E-state index contributed by atoms with van der Waals surface area (Å²) in [6, 6.07) is 6.35. The van der Waals surface area contributed by atoms with Crippen LogP contribution in [0.3, 0.4) is 0 Å². The fraction of sp³-hybridized carbons (Fsp3) is 0.250. The number of rotatable bonds is 2. The van der Waals surface area contributed by atoms with Gasteiger partial charge in [-0.3, -0.25) is 0 Å². The monoisotopic (exact) mass is 284 g/mol. The summed E-state index contributed by atoms with van der Waals surface area (Å²) in [5.74, 6) is -0.257. The molecule has 0 fully saturated rings. The zero-order valence-electron chi connectivity index (χ0n) is 12.3. The Morgan fingerprint density at radius 1 is 1.19 bits per heavy atom. The molecule has 0 amide bonds. The molecule has 0 saturated heterocycles. The molecule has 0 unspecified atom stereocenters. The molecule has 4 nitrogen and oxygen atoms in total. The maximum atomic E-state index is 13.1. The van der Waals surface area contributed by atoms with Gasteiger partial charge in [0.25, 0.3) is 0 Å². The van der Waals surface area contributed by atoms with Crippen molar-refractivity contribution in [1.29, 1.82) is 0 Å². The summed E-state index contributed by atoms with van der Waals surface area (Å²) in [4.78, 5) is 4.62. The molecule has 2 aromatic heterocycles. The number of nitrogens with zero attached hydrogens (tertiary/aromatic N) is 3. The van der Waals surface area contributed by atoms with Gasteiger partial charge in [0, 0.05) is 24.8 Å². The molecule has 0 atom stereocenters. The first-order valence-corrected chi connectivity index (χ1v) is 6.81. The molecule has 0 spiro atoms. The summed E-state index contributed by atoms with van der Waals surface area (Å²) < 4.78 is 14.9. The molecule has 5 heteroatoms. The van der Waals surface area contributed by atoms with Crippen LogP contribution in [-0.4, -0.2) is 14.8 Å². The molecule has 0 aliphatic rings. The molecule has 1 aromatic carbocycles. The van der Waals surface area contributed by atoms with Gasteiger partial charge in [0.15, 0.2) is 5.65 Å². The zero-order chi connectivity index (χ0) is 15.1. The number of aromatic nitrogens is 3. The van der Waals surface area contributed by atoms with E-state index in [2.05, 4.69) is 10.1 Å². The van der Waals surface area contributed by atoms with Crippen LogP contribution in [0.4, 0.5) is 4.39 Å². The highest BCUT2D eigenvalue weighted by Crippen LogP contribution is 2.31. The standard InChI is InChI=1S/C16H17FN4/c1-9-13(8-18)10(2)19-16-14(9)15(20-21(16)3)11-4-6-12(17)7-5-11/h4-7H,8,18H2,1-3H3. The lowest BCUT2D eigenvalue weighted by Crippen LogP contribution is -2.05. The number of aryl methyl sites for hydroxylation is 3. The maximum Gasteiger partial charge on any atom is 0.158 e. The van der Waals surface area contributed by atoms with E-state index in [4.69, 9.17) is 5.73 Å². The highest BCUT2D eigenvalue weighted by Gasteiger charge is 2.17. The first-order chi connectivity index (χ1) is 10.0. The van der Waals surface area contributed by atoms with E-state index in [1.54, 1.807) is 16.8 Å². The molecule has 108 valence electrons. The third-order valence-electron chi connectivity index (χ3n) is 3.88. The van der Waals surface area contributed by atoms with E-state index < -0.39 is 0 Å². The van der Waals surface area contributed by atoms with Crippen molar-refractivity contribution >= 4 is 11.0 Å². The second-order valence-corrected chi connectivity index (χ2v) is 5.18. The lowest BCUT2D eigenvalue weighted by molar-refractivity contribution is 0.628. The molecule has 0 radical (unpaired) electrons. The van der Waals surface area contributed by atoms with E-state index in [0.717, 1.165) is 39.1 Å². The van der Waals surface area contributed by atoms with E-state index >= 15 is 0 Å². The van der Waals surface area contributed by atoms with Crippen LogP contribution in [0.25, 0.3) is 22.3 Å². The molecule has 2 N–H and O–H groups in total. The summed E-state index contributed by atoms with van der Waals surface area (Å²) in [5, 5.41) is 5.54. The Morgan fingerprint density at radius 2 is 1.86 bits per heavy atom.